The number of ether oxygens (including phenoxy) is 1. The molecule has 2 aromatic heterocycles. The molecule has 1 N–H and O–H groups in total. The van der Waals surface area contributed by atoms with Crippen molar-refractivity contribution in [1.29, 1.82) is 0 Å². The van der Waals surface area contributed by atoms with Gasteiger partial charge in [-0.15, -0.1) is 0 Å². The third-order valence-corrected chi connectivity index (χ3v) is 3.32. The van der Waals surface area contributed by atoms with Crippen LogP contribution >= 0.6 is 0 Å². The zero-order valence-corrected chi connectivity index (χ0v) is 12.5. The van der Waals surface area contributed by atoms with Crippen LogP contribution in [0.2, 0.25) is 0 Å². The molecule has 0 aliphatic heterocycles. The number of methoxy groups -OCH3 is 1. The van der Waals surface area contributed by atoms with Gasteiger partial charge in [-0.2, -0.15) is 9.61 Å². The normalized spacial score (nSPS) is 12.5. The van der Waals surface area contributed by atoms with Crippen molar-refractivity contribution in [3.05, 3.63) is 48.4 Å². The van der Waals surface area contributed by atoms with E-state index in [2.05, 4.69) is 15.4 Å². The number of nitrogens with one attached hydrogen (secondary N) is 1. The molecule has 0 unspecified atom stereocenters. The minimum atomic E-state index is -0.297. The van der Waals surface area contributed by atoms with E-state index in [1.807, 2.05) is 6.92 Å². The molecule has 0 spiro atoms. The molecular weight excluding hydrogens is 283 g/mol. The molecule has 0 amide bonds. The number of halogens is 1. The van der Waals surface area contributed by atoms with E-state index in [1.165, 1.54) is 6.07 Å². The van der Waals surface area contributed by atoms with Crippen LogP contribution in [-0.2, 0) is 4.74 Å². The minimum absolute atomic E-state index is 0.0910. The summed E-state index contributed by atoms with van der Waals surface area (Å²) in [6.45, 7) is 2.56. The first-order valence-electron chi connectivity index (χ1n) is 7.04. The van der Waals surface area contributed by atoms with Gasteiger partial charge in [-0.05, 0) is 19.1 Å². The molecule has 1 atom stereocenters. The van der Waals surface area contributed by atoms with E-state index in [1.54, 1.807) is 48.2 Å². The lowest BCUT2D eigenvalue weighted by Crippen LogP contribution is -2.22. The van der Waals surface area contributed by atoms with Crippen LogP contribution in [0.5, 0.6) is 0 Å². The first-order chi connectivity index (χ1) is 10.7. The van der Waals surface area contributed by atoms with Crippen LogP contribution in [0.4, 0.5) is 10.2 Å². The van der Waals surface area contributed by atoms with Crippen molar-refractivity contribution in [3.63, 3.8) is 0 Å². The summed E-state index contributed by atoms with van der Waals surface area (Å²) in [6, 6.07) is 10.3. The second kappa shape index (κ2) is 6.11. The molecule has 1 aromatic carbocycles. The Morgan fingerprint density at radius 2 is 2.14 bits per heavy atom. The largest absolute Gasteiger partial charge is 0.383 e. The van der Waals surface area contributed by atoms with Crippen molar-refractivity contribution in [2.75, 3.05) is 19.0 Å². The summed E-state index contributed by atoms with van der Waals surface area (Å²) in [4.78, 5) is 4.47. The highest BCUT2D eigenvalue weighted by Gasteiger charge is 2.12. The highest BCUT2D eigenvalue weighted by atomic mass is 19.1. The van der Waals surface area contributed by atoms with Crippen LogP contribution in [0.25, 0.3) is 16.9 Å². The predicted molar refractivity (Wildman–Crippen MR) is 83.3 cm³/mol. The number of anilines is 1. The van der Waals surface area contributed by atoms with Gasteiger partial charge in [-0.3, -0.25) is 0 Å². The lowest BCUT2D eigenvalue weighted by atomic mass is 10.1. The molecule has 3 aromatic rings. The van der Waals surface area contributed by atoms with Crippen LogP contribution in [0.1, 0.15) is 6.92 Å². The third-order valence-electron chi connectivity index (χ3n) is 3.32. The summed E-state index contributed by atoms with van der Waals surface area (Å²) in [6.07, 6.45) is 1.67. The van der Waals surface area contributed by atoms with Gasteiger partial charge < -0.3 is 10.1 Å². The van der Waals surface area contributed by atoms with Gasteiger partial charge >= 0.3 is 0 Å². The fraction of sp³-hybridized carbons (Fsp3) is 0.250. The Labute approximate surface area is 127 Å². The SMILES string of the molecule is COC[C@@H](C)Nc1cc(-c2ccccc2F)nc2ccnn12. The highest BCUT2D eigenvalue weighted by molar-refractivity contribution is 5.67. The van der Waals surface area contributed by atoms with Crippen molar-refractivity contribution in [2.24, 2.45) is 0 Å². The Balaban J connectivity index is 2.07. The lowest BCUT2D eigenvalue weighted by Gasteiger charge is -2.16. The van der Waals surface area contributed by atoms with E-state index >= 15 is 0 Å². The Bertz CT molecular complexity index is 787. The molecule has 2 heterocycles. The van der Waals surface area contributed by atoms with Crippen molar-refractivity contribution >= 4 is 11.5 Å². The summed E-state index contributed by atoms with van der Waals surface area (Å²) in [5.41, 5.74) is 1.69. The maximum Gasteiger partial charge on any atom is 0.157 e. The van der Waals surface area contributed by atoms with E-state index in [4.69, 9.17) is 4.74 Å². The molecule has 0 radical (unpaired) electrons. The van der Waals surface area contributed by atoms with Crippen molar-refractivity contribution in [2.45, 2.75) is 13.0 Å². The molecule has 114 valence electrons. The number of rotatable bonds is 5. The van der Waals surface area contributed by atoms with Crippen LogP contribution in [0.15, 0.2) is 42.6 Å². The van der Waals surface area contributed by atoms with Crippen LogP contribution in [0, 0.1) is 5.82 Å². The van der Waals surface area contributed by atoms with Gasteiger partial charge in [0.1, 0.15) is 11.6 Å². The Morgan fingerprint density at radius 1 is 1.32 bits per heavy atom. The molecule has 0 fully saturated rings. The van der Waals surface area contributed by atoms with Gasteiger partial charge in [0, 0.05) is 30.8 Å². The summed E-state index contributed by atoms with van der Waals surface area (Å²) in [5, 5.41) is 7.56. The van der Waals surface area contributed by atoms with E-state index in [9.17, 15) is 4.39 Å². The molecule has 22 heavy (non-hydrogen) atoms. The smallest absolute Gasteiger partial charge is 0.157 e. The standard InChI is InChI=1S/C16H17FN4O/c1-11(10-22-2)19-16-9-14(12-5-3-4-6-13(12)17)20-15-7-8-18-21(15)16/h3-9,11,19H,10H2,1-2H3/t11-/m1/s1. The maximum atomic E-state index is 14.0. The molecule has 5 nitrogen and oxygen atoms in total. The molecule has 0 aliphatic carbocycles. The fourth-order valence-corrected chi connectivity index (χ4v) is 2.37. The molecule has 6 heteroatoms. The molecule has 3 rings (SSSR count). The number of hydrogen-bond donors (Lipinski definition) is 1. The summed E-state index contributed by atoms with van der Waals surface area (Å²) >= 11 is 0. The number of aromatic nitrogens is 3. The first-order valence-corrected chi connectivity index (χ1v) is 7.04. The second-order valence-electron chi connectivity index (χ2n) is 5.11. The fourth-order valence-electron chi connectivity index (χ4n) is 2.37. The van der Waals surface area contributed by atoms with E-state index in [0.717, 1.165) is 5.82 Å². The number of fused-ring (bicyclic) bond motifs is 1. The van der Waals surface area contributed by atoms with Gasteiger partial charge in [-0.25, -0.2) is 9.37 Å². The average molecular weight is 300 g/mol. The molecule has 0 aliphatic rings. The van der Waals surface area contributed by atoms with Crippen molar-refractivity contribution in [1.82, 2.24) is 14.6 Å². The van der Waals surface area contributed by atoms with Gasteiger partial charge in [-0.1, -0.05) is 12.1 Å². The van der Waals surface area contributed by atoms with Gasteiger partial charge in [0.25, 0.3) is 0 Å². The van der Waals surface area contributed by atoms with Crippen molar-refractivity contribution < 1.29 is 9.13 Å². The number of nitrogens with zero attached hydrogens (tertiary/aromatic N) is 3. The topological polar surface area (TPSA) is 51.5 Å². The van der Waals surface area contributed by atoms with E-state index < -0.39 is 0 Å². The summed E-state index contributed by atoms with van der Waals surface area (Å²) in [7, 11) is 1.65. The minimum Gasteiger partial charge on any atom is -0.383 e. The van der Waals surface area contributed by atoms with Gasteiger partial charge in [0.15, 0.2) is 5.65 Å². The first kappa shape index (κ1) is 14.5. The van der Waals surface area contributed by atoms with E-state index in [0.29, 0.717) is 23.5 Å². The van der Waals surface area contributed by atoms with Crippen LogP contribution in [0.3, 0.4) is 0 Å². The zero-order chi connectivity index (χ0) is 15.5. The summed E-state index contributed by atoms with van der Waals surface area (Å²) < 4.78 is 20.8. The van der Waals surface area contributed by atoms with Gasteiger partial charge in [0.2, 0.25) is 0 Å². The summed E-state index contributed by atoms with van der Waals surface area (Å²) in [5.74, 6) is 0.451. The van der Waals surface area contributed by atoms with Crippen molar-refractivity contribution in [3.8, 4) is 11.3 Å². The maximum absolute atomic E-state index is 14.0. The monoisotopic (exact) mass is 300 g/mol. The molecular formula is C16H17FN4O. The Morgan fingerprint density at radius 3 is 2.91 bits per heavy atom. The number of hydrogen-bond acceptors (Lipinski definition) is 4. The lowest BCUT2D eigenvalue weighted by molar-refractivity contribution is 0.190. The molecule has 0 saturated heterocycles. The Kier molecular flexibility index (Phi) is 4.02. The number of benzene rings is 1. The predicted octanol–water partition coefficient (Wildman–Crippen LogP) is 2.98. The second-order valence-corrected chi connectivity index (χ2v) is 5.11. The van der Waals surface area contributed by atoms with Crippen LogP contribution in [-0.4, -0.2) is 34.4 Å². The zero-order valence-electron chi connectivity index (χ0n) is 12.5. The molecule has 0 saturated carbocycles. The van der Waals surface area contributed by atoms with Crippen LogP contribution < -0.4 is 5.32 Å². The average Bonchev–Trinajstić information content (AvgIpc) is 2.96. The molecule has 0 bridgehead atoms. The Hall–Kier alpha value is -2.47. The quantitative estimate of drug-likeness (QED) is 0.787. The van der Waals surface area contributed by atoms with Gasteiger partial charge in [0.05, 0.1) is 18.5 Å². The highest BCUT2D eigenvalue weighted by Crippen LogP contribution is 2.24. The van der Waals surface area contributed by atoms with E-state index in [-0.39, 0.29) is 11.9 Å². The third kappa shape index (κ3) is 2.78.